The molecule has 0 aliphatic carbocycles. The van der Waals surface area contributed by atoms with Crippen LogP contribution in [0.15, 0.2) is 30.9 Å². The molecule has 0 unspecified atom stereocenters. The van der Waals surface area contributed by atoms with Gasteiger partial charge in [0.1, 0.15) is 12.7 Å². The number of benzene rings is 1. The van der Waals surface area contributed by atoms with Crippen LogP contribution < -0.4 is 15.5 Å². The molecule has 25 heavy (non-hydrogen) atoms. The van der Waals surface area contributed by atoms with E-state index in [-0.39, 0.29) is 6.03 Å². The summed E-state index contributed by atoms with van der Waals surface area (Å²) in [4.78, 5) is 14.3. The van der Waals surface area contributed by atoms with Crippen LogP contribution in [0.25, 0.3) is 0 Å². The topological polar surface area (TPSA) is 84.3 Å². The van der Waals surface area contributed by atoms with E-state index < -0.39 is 0 Å². The van der Waals surface area contributed by atoms with Gasteiger partial charge in [0, 0.05) is 31.9 Å². The molecule has 1 aliphatic rings. The van der Waals surface area contributed by atoms with E-state index >= 15 is 0 Å². The molecule has 2 heterocycles. The normalized spacial score (nSPS) is 14.4. The van der Waals surface area contributed by atoms with Crippen molar-refractivity contribution in [1.82, 2.24) is 20.1 Å². The Kier molecular flexibility index (Phi) is 6.08. The zero-order valence-corrected chi connectivity index (χ0v) is 14.6. The van der Waals surface area contributed by atoms with Crippen LogP contribution in [0.2, 0.25) is 5.02 Å². The van der Waals surface area contributed by atoms with Gasteiger partial charge in [-0.15, -0.1) is 10.2 Å². The number of hydrogen-bond donors (Lipinski definition) is 2. The molecule has 1 saturated heterocycles. The van der Waals surface area contributed by atoms with Crippen LogP contribution in [0.5, 0.6) is 0 Å². The third kappa shape index (κ3) is 5.07. The molecule has 0 spiro atoms. The summed E-state index contributed by atoms with van der Waals surface area (Å²) < 4.78 is 7.23. The van der Waals surface area contributed by atoms with Gasteiger partial charge in [0.05, 0.1) is 23.9 Å². The van der Waals surface area contributed by atoms with Crippen LogP contribution in [-0.4, -0.2) is 53.6 Å². The SMILES string of the molecule is O=C(NCCCn1cnnc1)Nc1cc(N2CCOCC2)ccc1Cl. The molecule has 0 bridgehead atoms. The third-order valence-electron chi connectivity index (χ3n) is 3.92. The Hall–Kier alpha value is -2.32. The van der Waals surface area contributed by atoms with Crippen molar-refractivity contribution in [3.8, 4) is 0 Å². The fraction of sp³-hybridized carbons (Fsp3) is 0.438. The van der Waals surface area contributed by atoms with E-state index in [0.29, 0.717) is 30.5 Å². The highest BCUT2D eigenvalue weighted by molar-refractivity contribution is 6.33. The van der Waals surface area contributed by atoms with Gasteiger partial charge in [-0.05, 0) is 24.6 Å². The van der Waals surface area contributed by atoms with Crippen molar-refractivity contribution >= 4 is 29.0 Å². The van der Waals surface area contributed by atoms with Crippen molar-refractivity contribution < 1.29 is 9.53 Å². The molecule has 2 N–H and O–H groups in total. The summed E-state index contributed by atoms with van der Waals surface area (Å²) in [7, 11) is 0. The molecule has 1 aliphatic heterocycles. The number of hydrogen-bond acceptors (Lipinski definition) is 5. The summed E-state index contributed by atoms with van der Waals surface area (Å²) in [5, 5.41) is 13.6. The van der Waals surface area contributed by atoms with Crippen molar-refractivity contribution in [2.24, 2.45) is 0 Å². The maximum absolute atomic E-state index is 12.1. The predicted octanol–water partition coefficient (Wildman–Crippen LogP) is 1.98. The largest absolute Gasteiger partial charge is 0.378 e. The van der Waals surface area contributed by atoms with Gasteiger partial charge in [-0.25, -0.2) is 4.79 Å². The van der Waals surface area contributed by atoms with E-state index in [2.05, 4.69) is 25.7 Å². The van der Waals surface area contributed by atoms with Crippen LogP contribution in [0.1, 0.15) is 6.42 Å². The zero-order chi connectivity index (χ0) is 17.5. The lowest BCUT2D eigenvalue weighted by Gasteiger charge is -2.29. The number of urea groups is 1. The Balaban J connectivity index is 1.49. The van der Waals surface area contributed by atoms with Gasteiger partial charge in [0.15, 0.2) is 0 Å². The van der Waals surface area contributed by atoms with E-state index in [4.69, 9.17) is 16.3 Å². The van der Waals surface area contributed by atoms with E-state index in [1.54, 1.807) is 18.7 Å². The monoisotopic (exact) mass is 364 g/mol. The van der Waals surface area contributed by atoms with Crippen molar-refractivity contribution in [2.45, 2.75) is 13.0 Å². The first kappa shape index (κ1) is 17.5. The lowest BCUT2D eigenvalue weighted by Crippen LogP contribution is -2.36. The fourth-order valence-corrected chi connectivity index (χ4v) is 2.76. The van der Waals surface area contributed by atoms with E-state index in [1.165, 1.54) is 0 Å². The summed E-state index contributed by atoms with van der Waals surface area (Å²) in [6.45, 7) is 4.37. The van der Waals surface area contributed by atoms with E-state index in [9.17, 15) is 4.79 Å². The number of halogens is 1. The number of aromatic nitrogens is 3. The Morgan fingerprint density at radius 3 is 2.76 bits per heavy atom. The lowest BCUT2D eigenvalue weighted by atomic mass is 10.2. The standard InChI is InChI=1S/C16H21ClN6O2/c17-14-3-2-13(23-6-8-25-9-7-23)10-15(14)21-16(24)18-4-1-5-22-11-19-20-12-22/h2-3,10-12H,1,4-9H2,(H2,18,21,24). The molecule has 0 atom stereocenters. The third-order valence-corrected chi connectivity index (χ3v) is 4.25. The number of aryl methyl sites for hydroxylation is 1. The van der Waals surface area contributed by atoms with E-state index in [0.717, 1.165) is 31.7 Å². The van der Waals surface area contributed by atoms with E-state index in [1.807, 2.05) is 16.7 Å². The Labute approximate surface area is 151 Å². The minimum Gasteiger partial charge on any atom is -0.378 e. The number of anilines is 2. The van der Waals surface area contributed by atoms with Gasteiger partial charge >= 0.3 is 6.03 Å². The fourth-order valence-electron chi connectivity index (χ4n) is 2.59. The number of nitrogens with one attached hydrogen (secondary N) is 2. The van der Waals surface area contributed by atoms with Crippen molar-refractivity contribution in [1.29, 1.82) is 0 Å². The number of ether oxygens (including phenoxy) is 1. The lowest BCUT2D eigenvalue weighted by molar-refractivity contribution is 0.122. The summed E-state index contributed by atoms with van der Waals surface area (Å²) in [6, 6.07) is 5.37. The second kappa shape index (κ2) is 8.68. The molecular weight excluding hydrogens is 344 g/mol. The number of rotatable bonds is 6. The molecular formula is C16H21ClN6O2. The van der Waals surface area contributed by atoms with Crippen LogP contribution in [-0.2, 0) is 11.3 Å². The van der Waals surface area contributed by atoms with Gasteiger partial charge in [-0.1, -0.05) is 11.6 Å². The van der Waals surface area contributed by atoms with Crippen LogP contribution >= 0.6 is 11.6 Å². The minimum absolute atomic E-state index is 0.273. The Morgan fingerprint density at radius 2 is 2.00 bits per heavy atom. The highest BCUT2D eigenvalue weighted by Crippen LogP contribution is 2.28. The summed E-state index contributed by atoms with van der Waals surface area (Å²) in [5.74, 6) is 0. The van der Waals surface area contributed by atoms with Crippen molar-refractivity contribution in [3.63, 3.8) is 0 Å². The molecule has 3 rings (SSSR count). The highest BCUT2D eigenvalue weighted by Gasteiger charge is 2.13. The smallest absolute Gasteiger partial charge is 0.319 e. The first-order chi connectivity index (χ1) is 12.2. The quantitative estimate of drug-likeness (QED) is 0.766. The minimum atomic E-state index is -0.273. The summed E-state index contributed by atoms with van der Waals surface area (Å²) >= 11 is 6.21. The average molecular weight is 365 g/mol. The predicted molar refractivity (Wildman–Crippen MR) is 96.1 cm³/mol. The van der Waals surface area contributed by atoms with Gasteiger partial charge in [-0.3, -0.25) is 0 Å². The molecule has 9 heteroatoms. The number of carbonyl (C=O) groups excluding carboxylic acids is 1. The van der Waals surface area contributed by atoms with Crippen molar-refractivity contribution in [2.75, 3.05) is 43.1 Å². The van der Waals surface area contributed by atoms with Crippen LogP contribution in [0.3, 0.4) is 0 Å². The van der Waals surface area contributed by atoms with Gasteiger partial charge < -0.3 is 24.8 Å². The number of amides is 2. The van der Waals surface area contributed by atoms with Crippen LogP contribution in [0, 0.1) is 0 Å². The van der Waals surface area contributed by atoms with Crippen molar-refractivity contribution in [3.05, 3.63) is 35.9 Å². The van der Waals surface area contributed by atoms with Gasteiger partial charge in [0.2, 0.25) is 0 Å². The summed E-state index contributed by atoms with van der Waals surface area (Å²) in [5.41, 5.74) is 1.62. The average Bonchev–Trinajstić information content (AvgIpc) is 3.15. The first-order valence-corrected chi connectivity index (χ1v) is 8.60. The molecule has 1 fully saturated rings. The number of morpholine rings is 1. The molecule has 0 radical (unpaired) electrons. The number of carbonyl (C=O) groups is 1. The Morgan fingerprint density at radius 1 is 1.24 bits per heavy atom. The summed E-state index contributed by atoms with van der Waals surface area (Å²) in [6.07, 6.45) is 4.08. The van der Waals surface area contributed by atoms with Gasteiger partial charge in [-0.2, -0.15) is 0 Å². The molecule has 2 aromatic rings. The molecule has 134 valence electrons. The van der Waals surface area contributed by atoms with Gasteiger partial charge in [0.25, 0.3) is 0 Å². The highest BCUT2D eigenvalue weighted by atomic mass is 35.5. The molecule has 0 saturated carbocycles. The molecule has 8 nitrogen and oxygen atoms in total. The molecule has 2 amide bonds. The van der Waals surface area contributed by atoms with Crippen LogP contribution in [0.4, 0.5) is 16.2 Å². The molecule has 1 aromatic heterocycles. The second-order valence-corrected chi connectivity index (χ2v) is 6.10. The first-order valence-electron chi connectivity index (χ1n) is 8.22. The zero-order valence-electron chi connectivity index (χ0n) is 13.8. The second-order valence-electron chi connectivity index (χ2n) is 5.70. The Bertz CT molecular complexity index is 688. The number of nitrogens with zero attached hydrogens (tertiary/aromatic N) is 4. The maximum Gasteiger partial charge on any atom is 0.319 e. The molecule has 1 aromatic carbocycles. The maximum atomic E-state index is 12.1.